The molecule has 57 heavy (non-hydrogen) atoms. The Morgan fingerprint density at radius 2 is 1.32 bits per heavy atom. The van der Waals surface area contributed by atoms with Crippen molar-refractivity contribution >= 4 is 67.1 Å². The molecular formula is C54H40N2O. The zero-order chi connectivity index (χ0) is 37.5. The van der Waals surface area contributed by atoms with Crippen LogP contribution in [0.3, 0.4) is 0 Å². The third-order valence-corrected chi connectivity index (χ3v) is 12.8. The number of furan rings is 1. The number of benzene rings is 6. The summed E-state index contributed by atoms with van der Waals surface area (Å²) < 4.78 is 8.91. The summed E-state index contributed by atoms with van der Waals surface area (Å²) in [5, 5.41) is 3.83. The third-order valence-electron chi connectivity index (χ3n) is 12.8. The monoisotopic (exact) mass is 732 g/mol. The minimum Gasteiger partial charge on any atom is -0.456 e. The Morgan fingerprint density at radius 1 is 0.561 bits per heavy atom. The van der Waals surface area contributed by atoms with Crippen LogP contribution in [0.2, 0.25) is 0 Å². The first-order valence-electron chi connectivity index (χ1n) is 20.3. The lowest BCUT2D eigenvalue weighted by Crippen LogP contribution is -2.15. The molecule has 0 spiro atoms. The van der Waals surface area contributed by atoms with Crippen molar-refractivity contribution < 1.29 is 4.42 Å². The molecule has 0 saturated carbocycles. The van der Waals surface area contributed by atoms with Gasteiger partial charge in [-0.2, -0.15) is 0 Å². The molecule has 6 aromatic carbocycles. The Morgan fingerprint density at radius 3 is 2.18 bits per heavy atom. The fraction of sp³-hybridized carbons (Fsp3) is 0.111. The van der Waals surface area contributed by atoms with Gasteiger partial charge in [0.15, 0.2) is 0 Å². The Bertz CT molecular complexity index is 3080. The first-order chi connectivity index (χ1) is 28.3. The molecule has 0 fully saturated rings. The molecule has 0 bridgehead atoms. The van der Waals surface area contributed by atoms with E-state index in [1.54, 1.807) is 0 Å². The second-order valence-electron chi connectivity index (χ2n) is 15.9. The number of allylic oxidation sites excluding steroid dienone is 9. The van der Waals surface area contributed by atoms with Gasteiger partial charge in [0.2, 0.25) is 0 Å². The van der Waals surface area contributed by atoms with E-state index in [1.807, 2.05) is 0 Å². The van der Waals surface area contributed by atoms with Gasteiger partial charge >= 0.3 is 0 Å². The first kappa shape index (κ1) is 32.4. The molecule has 272 valence electrons. The summed E-state index contributed by atoms with van der Waals surface area (Å²) >= 11 is 0. The van der Waals surface area contributed by atoms with Gasteiger partial charge in [-0.25, -0.2) is 0 Å². The number of nitrogens with zero attached hydrogens (tertiary/aromatic N) is 2. The molecule has 4 aliphatic rings. The molecule has 12 rings (SSSR count). The highest BCUT2D eigenvalue weighted by atomic mass is 16.3. The van der Waals surface area contributed by atoms with Crippen molar-refractivity contribution in [2.75, 3.05) is 4.90 Å². The zero-order valence-electron chi connectivity index (χ0n) is 31.6. The summed E-state index contributed by atoms with van der Waals surface area (Å²) in [6, 6.07) is 53.5. The molecule has 1 aliphatic heterocycles. The van der Waals surface area contributed by atoms with Crippen LogP contribution in [0.5, 0.6) is 0 Å². The van der Waals surface area contributed by atoms with Crippen molar-refractivity contribution in [1.82, 2.24) is 4.57 Å². The van der Waals surface area contributed by atoms with Gasteiger partial charge in [0.1, 0.15) is 11.3 Å². The summed E-state index contributed by atoms with van der Waals surface area (Å²) in [6.07, 6.45) is 17.8. The predicted octanol–water partition coefficient (Wildman–Crippen LogP) is 14.4. The van der Waals surface area contributed by atoms with E-state index in [0.717, 1.165) is 37.0 Å². The summed E-state index contributed by atoms with van der Waals surface area (Å²) in [5.74, 6) is 1.52. The van der Waals surface area contributed by atoms with Crippen LogP contribution in [0, 0.1) is 0 Å². The number of fused-ring (bicyclic) bond motifs is 9. The van der Waals surface area contributed by atoms with Gasteiger partial charge in [-0.15, -0.1) is 0 Å². The summed E-state index contributed by atoms with van der Waals surface area (Å²) in [4.78, 5) is 2.45. The van der Waals surface area contributed by atoms with Crippen LogP contribution in [0.15, 0.2) is 186 Å². The molecule has 3 heterocycles. The van der Waals surface area contributed by atoms with E-state index in [9.17, 15) is 0 Å². The highest BCUT2D eigenvalue weighted by Crippen LogP contribution is 2.53. The van der Waals surface area contributed by atoms with Gasteiger partial charge in [0.05, 0.1) is 11.0 Å². The average Bonchev–Trinajstić information content (AvgIpc) is 3.94. The zero-order valence-corrected chi connectivity index (χ0v) is 31.6. The van der Waals surface area contributed by atoms with Crippen molar-refractivity contribution in [3.05, 3.63) is 215 Å². The van der Waals surface area contributed by atoms with Gasteiger partial charge in [-0.1, -0.05) is 115 Å². The maximum atomic E-state index is 6.37. The van der Waals surface area contributed by atoms with E-state index in [0.29, 0.717) is 5.92 Å². The van der Waals surface area contributed by atoms with Crippen molar-refractivity contribution in [2.24, 2.45) is 0 Å². The molecule has 0 N–H and O–H groups in total. The Hall–Kier alpha value is -6.84. The maximum Gasteiger partial charge on any atom is 0.135 e. The van der Waals surface area contributed by atoms with Crippen molar-refractivity contribution in [2.45, 2.75) is 37.5 Å². The van der Waals surface area contributed by atoms with E-state index in [2.05, 4.69) is 192 Å². The molecule has 0 saturated heterocycles. The number of hydrogen-bond donors (Lipinski definition) is 0. The van der Waals surface area contributed by atoms with E-state index < -0.39 is 0 Å². The summed E-state index contributed by atoms with van der Waals surface area (Å²) in [5.41, 5.74) is 18.1. The van der Waals surface area contributed by atoms with E-state index in [4.69, 9.17) is 4.42 Å². The quantitative estimate of drug-likeness (QED) is 0.176. The number of rotatable bonds is 5. The lowest BCUT2D eigenvalue weighted by atomic mass is 9.83. The molecule has 2 aromatic heterocycles. The molecule has 0 radical (unpaired) electrons. The normalized spacial score (nSPS) is 18.6. The highest BCUT2D eigenvalue weighted by Gasteiger charge is 2.36. The lowest BCUT2D eigenvalue weighted by Gasteiger charge is -2.26. The fourth-order valence-corrected chi connectivity index (χ4v) is 10.2. The van der Waals surface area contributed by atoms with Crippen LogP contribution in [0.1, 0.15) is 71.1 Å². The van der Waals surface area contributed by atoms with Gasteiger partial charge < -0.3 is 13.9 Å². The highest BCUT2D eigenvalue weighted by molar-refractivity contribution is 6.11. The number of anilines is 2. The lowest BCUT2D eigenvalue weighted by molar-refractivity contribution is 0.590. The Balaban J connectivity index is 1.01. The minimum absolute atomic E-state index is 0.226. The van der Waals surface area contributed by atoms with E-state index in [1.165, 1.54) is 88.9 Å². The number of para-hydroxylation sites is 3. The fourth-order valence-electron chi connectivity index (χ4n) is 10.2. The number of hydrogen-bond acceptors (Lipinski definition) is 2. The van der Waals surface area contributed by atoms with Crippen molar-refractivity contribution in [3.8, 4) is 0 Å². The first-order valence-corrected chi connectivity index (χ1v) is 20.3. The second kappa shape index (κ2) is 12.9. The Kier molecular flexibility index (Phi) is 7.31. The summed E-state index contributed by atoms with van der Waals surface area (Å²) in [6.45, 7) is 0. The van der Waals surface area contributed by atoms with Gasteiger partial charge in [-0.05, 0) is 126 Å². The molecule has 3 heteroatoms. The minimum atomic E-state index is 0.226. The van der Waals surface area contributed by atoms with Crippen LogP contribution in [0.25, 0.3) is 55.7 Å². The van der Waals surface area contributed by atoms with Crippen LogP contribution in [0.4, 0.5) is 11.4 Å². The summed E-state index contributed by atoms with van der Waals surface area (Å²) in [7, 11) is 0. The van der Waals surface area contributed by atoms with Crippen LogP contribution in [-0.2, 0) is 0 Å². The van der Waals surface area contributed by atoms with Crippen LogP contribution >= 0.6 is 0 Å². The van der Waals surface area contributed by atoms with E-state index >= 15 is 0 Å². The number of aromatic nitrogens is 1. The van der Waals surface area contributed by atoms with Crippen molar-refractivity contribution in [1.29, 1.82) is 0 Å². The topological polar surface area (TPSA) is 21.3 Å². The van der Waals surface area contributed by atoms with Crippen molar-refractivity contribution in [3.63, 3.8) is 0 Å². The SMILES string of the molecule is C1=Cc2oc3ccccc3c2C(c2ccc3c(c2)c2cc(C4=CC=C5C(C4)c4ccccc4N5c4ccccc4)ccc2n3C2=CC=C(c3ccccc3)CC2)C1. The standard InChI is InChI=1S/C54H40N2O/c1-3-12-35(13-4-1)36-22-27-41(28-23-36)56-50-30-25-38(37-24-29-49-45(32-37)43-16-7-9-19-48(43)55(49)40-14-5-2-6-15-40)33-46(50)47-34-39(26-31-51(47)56)42-18-11-21-53-54(42)44-17-8-10-20-52(44)57-53/h1-17,19-22,24-27,29-31,33-34,42,45H,18,23,28,32H2. The molecular weight excluding hydrogens is 693 g/mol. The van der Waals surface area contributed by atoms with Gasteiger partial charge in [0.25, 0.3) is 0 Å². The smallest absolute Gasteiger partial charge is 0.135 e. The van der Waals surface area contributed by atoms with E-state index in [-0.39, 0.29) is 5.92 Å². The second-order valence-corrected chi connectivity index (χ2v) is 15.9. The van der Waals surface area contributed by atoms with Crippen LogP contribution < -0.4 is 4.90 Å². The molecule has 2 atom stereocenters. The molecule has 2 unspecified atom stereocenters. The van der Waals surface area contributed by atoms with Crippen LogP contribution in [-0.4, -0.2) is 4.57 Å². The third kappa shape index (κ3) is 5.12. The predicted molar refractivity (Wildman–Crippen MR) is 238 cm³/mol. The van der Waals surface area contributed by atoms with Gasteiger partial charge in [0, 0.05) is 56.3 Å². The molecule has 0 amide bonds. The molecule has 3 aliphatic carbocycles. The molecule has 8 aromatic rings. The largest absolute Gasteiger partial charge is 0.456 e. The Labute approximate surface area is 332 Å². The average molecular weight is 733 g/mol. The van der Waals surface area contributed by atoms with Gasteiger partial charge in [-0.3, -0.25) is 0 Å². The maximum absolute atomic E-state index is 6.37. The molecule has 3 nitrogen and oxygen atoms in total.